The molecule has 0 amide bonds. The van der Waals surface area contributed by atoms with Gasteiger partial charge in [0.2, 0.25) is 0 Å². The molecule has 5 heteroatoms. The molecule has 0 unspecified atom stereocenters. The number of aryl methyl sites for hydroxylation is 1. The number of hydrogen-bond acceptors (Lipinski definition) is 1. The number of halogens is 1. The Morgan fingerprint density at radius 3 is 2.95 bits per heavy atom. The Morgan fingerprint density at radius 2 is 2.24 bits per heavy atom. The molecule has 0 aliphatic rings. The molecule has 112 valence electrons. The van der Waals surface area contributed by atoms with Gasteiger partial charge in [0.05, 0.1) is 12.1 Å². The van der Waals surface area contributed by atoms with Crippen molar-refractivity contribution in [3.05, 3.63) is 47.9 Å². The number of aliphatic imine (C=N–C) groups is 1. The Hall–Kier alpha value is -2.30. The molecule has 1 heterocycles. The average Bonchev–Trinajstić information content (AvgIpc) is 2.73. The molecule has 21 heavy (non-hydrogen) atoms. The molecule has 0 bridgehead atoms. The first kappa shape index (κ1) is 15.1. The van der Waals surface area contributed by atoms with Crippen molar-refractivity contribution in [3.63, 3.8) is 0 Å². The average molecular weight is 288 g/mol. The molecular weight excluding hydrogens is 267 g/mol. The van der Waals surface area contributed by atoms with E-state index in [0.717, 1.165) is 28.5 Å². The van der Waals surface area contributed by atoms with Crippen LogP contribution in [-0.4, -0.2) is 23.6 Å². The highest BCUT2D eigenvalue weighted by molar-refractivity contribution is 5.84. The smallest absolute Gasteiger partial charge is 0.188 e. The lowest BCUT2D eigenvalue weighted by atomic mass is 10.1. The van der Waals surface area contributed by atoms with Crippen molar-refractivity contribution >= 4 is 16.9 Å². The highest BCUT2D eigenvalue weighted by Crippen LogP contribution is 2.21. The molecule has 0 saturated heterocycles. The second kappa shape index (κ2) is 6.43. The summed E-state index contributed by atoms with van der Waals surface area (Å²) in [5.41, 5.74) is 8.79. The van der Waals surface area contributed by atoms with Crippen molar-refractivity contribution in [3.8, 4) is 0 Å². The number of aromatic nitrogens is 1. The van der Waals surface area contributed by atoms with Crippen LogP contribution in [0.1, 0.15) is 12.5 Å². The quantitative estimate of drug-likeness (QED) is 0.504. The maximum absolute atomic E-state index is 13.3. The van der Waals surface area contributed by atoms with Gasteiger partial charge in [-0.3, -0.25) is 0 Å². The van der Waals surface area contributed by atoms with Crippen LogP contribution in [-0.2, 0) is 13.5 Å². The summed E-state index contributed by atoms with van der Waals surface area (Å²) in [6.45, 7) is 6.90. The van der Waals surface area contributed by atoms with Gasteiger partial charge in [0.15, 0.2) is 5.96 Å². The summed E-state index contributed by atoms with van der Waals surface area (Å²) in [6, 6.07) is 4.86. The maximum Gasteiger partial charge on any atom is 0.188 e. The minimum atomic E-state index is -0.218. The molecule has 3 N–H and O–H groups in total. The predicted molar refractivity (Wildman–Crippen MR) is 85.9 cm³/mol. The molecule has 2 rings (SSSR count). The van der Waals surface area contributed by atoms with E-state index in [2.05, 4.69) is 16.9 Å². The molecule has 0 aliphatic heterocycles. The first-order valence-electron chi connectivity index (χ1n) is 6.89. The van der Waals surface area contributed by atoms with Crippen LogP contribution in [0.5, 0.6) is 0 Å². The summed E-state index contributed by atoms with van der Waals surface area (Å²) >= 11 is 0. The van der Waals surface area contributed by atoms with Gasteiger partial charge in [-0.15, -0.1) is 0 Å². The number of nitrogens with one attached hydrogen (secondary N) is 1. The molecule has 2 aromatic rings. The summed E-state index contributed by atoms with van der Waals surface area (Å²) in [7, 11) is 1.92. The molecule has 1 aromatic carbocycles. The van der Waals surface area contributed by atoms with Crippen LogP contribution in [0, 0.1) is 5.82 Å². The summed E-state index contributed by atoms with van der Waals surface area (Å²) in [4.78, 5) is 4.16. The molecule has 1 aromatic heterocycles. The van der Waals surface area contributed by atoms with Gasteiger partial charge in [-0.05, 0) is 37.1 Å². The number of rotatable bonds is 5. The third kappa shape index (κ3) is 3.84. The number of benzene rings is 1. The fourth-order valence-corrected chi connectivity index (χ4v) is 2.24. The number of nitrogens with two attached hydrogens (primary N) is 1. The van der Waals surface area contributed by atoms with Crippen molar-refractivity contribution in [1.29, 1.82) is 0 Å². The van der Waals surface area contributed by atoms with E-state index in [4.69, 9.17) is 5.73 Å². The zero-order valence-electron chi connectivity index (χ0n) is 12.5. The van der Waals surface area contributed by atoms with E-state index < -0.39 is 0 Å². The van der Waals surface area contributed by atoms with Crippen LogP contribution in [0.4, 0.5) is 4.39 Å². The van der Waals surface area contributed by atoms with Gasteiger partial charge in [-0.1, -0.05) is 12.2 Å². The third-order valence-electron chi connectivity index (χ3n) is 3.25. The summed E-state index contributed by atoms with van der Waals surface area (Å²) in [6.07, 6.45) is 2.82. The van der Waals surface area contributed by atoms with E-state index >= 15 is 0 Å². The van der Waals surface area contributed by atoms with E-state index in [9.17, 15) is 4.39 Å². The Morgan fingerprint density at radius 1 is 1.48 bits per heavy atom. The minimum Gasteiger partial charge on any atom is -0.370 e. The lowest BCUT2D eigenvalue weighted by Crippen LogP contribution is -2.33. The Kier molecular flexibility index (Phi) is 4.62. The first-order chi connectivity index (χ1) is 9.97. The van der Waals surface area contributed by atoms with Crippen molar-refractivity contribution in [1.82, 2.24) is 9.88 Å². The first-order valence-corrected chi connectivity index (χ1v) is 6.89. The summed E-state index contributed by atoms with van der Waals surface area (Å²) in [5.74, 6) is 0.203. The van der Waals surface area contributed by atoms with E-state index in [0.29, 0.717) is 19.0 Å². The number of nitrogens with zero attached hydrogens (tertiary/aromatic N) is 2. The number of guanidine groups is 1. The predicted octanol–water partition coefficient (Wildman–Crippen LogP) is 2.34. The van der Waals surface area contributed by atoms with Gasteiger partial charge in [0, 0.05) is 25.2 Å². The van der Waals surface area contributed by atoms with Gasteiger partial charge in [-0.2, -0.15) is 0 Å². The Labute approximate surface area is 124 Å². The monoisotopic (exact) mass is 288 g/mol. The van der Waals surface area contributed by atoms with Crippen molar-refractivity contribution in [2.75, 3.05) is 13.1 Å². The highest BCUT2D eigenvalue weighted by atomic mass is 19.1. The Bertz CT molecular complexity index is 685. The molecule has 0 fully saturated rings. The lowest BCUT2D eigenvalue weighted by Gasteiger charge is -2.05. The molecule has 0 spiro atoms. The van der Waals surface area contributed by atoms with E-state index in [1.54, 1.807) is 6.07 Å². The van der Waals surface area contributed by atoms with Crippen LogP contribution in [0.15, 0.2) is 41.5 Å². The van der Waals surface area contributed by atoms with E-state index in [-0.39, 0.29) is 5.82 Å². The van der Waals surface area contributed by atoms with Gasteiger partial charge < -0.3 is 15.6 Å². The van der Waals surface area contributed by atoms with Crippen LogP contribution >= 0.6 is 0 Å². The van der Waals surface area contributed by atoms with Crippen molar-refractivity contribution < 1.29 is 4.39 Å². The van der Waals surface area contributed by atoms with Crippen molar-refractivity contribution in [2.24, 2.45) is 17.8 Å². The second-order valence-electron chi connectivity index (χ2n) is 5.26. The molecule has 0 aliphatic carbocycles. The topological polar surface area (TPSA) is 55.3 Å². The fourth-order valence-electron chi connectivity index (χ4n) is 2.24. The SMILES string of the molecule is C=C(C)CN=C(N)NCCc1cn(C)c2cc(F)ccc12. The van der Waals surface area contributed by atoms with Gasteiger partial charge >= 0.3 is 0 Å². The van der Waals surface area contributed by atoms with Crippen LogP contribution < -0.4 is 11.1 Å². The van der Waals surface area contributed by atoms with Crippen LogP contribution in [0.25, 0.3) is 10.9 Å². The molecule has 0 radical (unpaired) electrons. The van der Waals surface area contributed by atoms with Gasteiger partial charge in [0.25, 0.3) is 0 Å². The zero-order chi connectivity index (χ0) is 15.4. The minimum absolute atomic E-state index is 0.218. The van der Waals surface area contributed by atoms with E-state index in [1.165, 1.54) is 6.07 Å². The van der Waals surface area contributed by atoms with Crippen molar-refractivity contribution in [2.45, 2.75) is 13.3 Å². The Balaban J connectivity index is 2.01. The third-order valence-corrected chi connectivity index (χ3v) is 3.25. The number of hydrogen-bond donors (Lipinski definition) is 2. The fraction of sp³-hybridized carbons (Fsp3) is 0.312. The molecule has 0 atom stereocenters. The standard InChI is InChI=1S/C16H21FN4/c1-11(2)9-20-16(18)19-7-6-12-10-21(3)15-8-13(17)4-5-14(12)15/h4-5,8,10H,1,6-7,9H2,2-3H3,(H3,18,19,20). The largest absolute Gasteiger partial charge is 0.370 e. The highest BCUT2D eigenvalue weighted by Gasteiger charge is 2.07. The second-order valence-corrected chi connectivity index (χ2v) is 5.26. The maximum atomic E-state index is 13.3. The molecule has 4 nitrogen and oxygen atoms in total. The lowest BCUT2D eigenvalue weighted by molar-refractivity contribution is 0.629. The zero-order valence-corrected chi connectivity index (χ0v) is 12.5. The van der Waals surface area contributed by atoms with Crippen LogP contribution in [0.2, 0.25) is 0 Å². The van der Waals surface area contributed by atoms with Crippen LogP contribution in [0.3, 0.4) is 0 Å². The molecular formula is C16H21FN4. The summed E-state index contributed by atoms with van der Waals surface area (Å²) in [5, 5.41) is 4.14. The normalized spacial score (nSPS) is 11.9. The summed E-state index contributed by atoms with van der Waals surface area (Å²) < 4.78 is 15.2. The number of fused-ring (bicyclic) bond motifs is 1. The van der Waals surface area contributed by atoms with Gasteiger partial charge in [-0.25, -0.2) is 9.38 Å². The van der Waals surface area contributed by atoms with E-state index in [1.807, 2.05) is 30.8 Å². The van der Waals surface area contributed by atoms with Gasteiger partial charge in [0.1, 0.15) is 5.82 Å². The molecule has 0 saturated carbocycles.